The van der Waals surface area contributed by atoms with Gasteiger partial charge in [-0.1, -0.05) is 17.3 Å². The van der Waals surface area contributed by atoms with Crippen molar-refractivity contribution in [3.8, 4) is 17.3 Å². The summed E-state index contributed by atoms with van der Waals surface area (Å²) in [7, 11) is 0. The highest BCUT2D eigenvalue weighted by atomic mass is 16.5. The van der Waals surface area contributed by atoms with Gasteiger partial charge in [0.15, 0.2) is 5.82 Å². The molecule has 0 aliphatic carbocycles. The molecule has 0 bridgehead atoms. The summed E-state index contributed by atoms with van der Waals surface area (Å²) in [6.07, 6.45) is 3.39. The number of rotatable bonds is 4. The maximum absolute atomic E-state index is 5.54. The van der Waals surface area contributed by atoms with E-state index in [1.807, 2.05) is 16.8 Å². The molecule has 2 aromatic heterocycles. The van der Waals surface area contributed by atoms with Crippen molar-refractivity contribution in [1.82, 2.24) is 25.2 Å². The molecule has 7 nitrogen and oxygen atoms in total. The van der Waals surface area contributed by atoms with Crippen LogP contribution in [0.15, 0.2) is 35.0 Å². The van der Waals surface area contributed by atoms with Crippen LogP contribution in [0.2, 0.25) is 0 Å². The lowest BCUT2D eigenvalue weighted by Crippen LogP contribution is -2.44. The molecule has 3 aromatic rings. The Morgan fingerprint density at radius 1 is 1.25 bits per heavy atom. The fourth-order valence-electron chi connectivity index (χ4n) is 3.18. The van der Waals surface area contributed by atoms with Gasteiger partial charge in [0, 0.05) is 32.1 Å². The van der Waals surface area contributed by atoms with Crippen LogP contribution in [0.4, 0.5) is 0 Å². The van der Waals surface area contributed by atoms with E-state index in [-0.39, 0.29) is 0 Å². The van der Waals surface area contributed by atoms with Crippen molar-refractivity contribution in [3.63, 3.8) is 0 Å². The highest BCUT2D eigenvalue weighted by Gasteiger charge is 2.24. The van der Waals surface area contributed by atoms with Crippen molar-refractivity contribution < 1.29 is 9.26 Å². The number of hydrogen-bond acceptors (Lipinski definition) is 6. The van der Waals surface area contributed by atoms with E-state index in [2.05, 4.69) is 32.7 Å². The number of benzene rings is 1. The van der Waals surface area contributed by atoms with Crippen LogP contribution in [-0.4, -0.2) is 39.6 Å². The quantitative estimate of drug-likeness (QED) is 0.786. The van der Waals surface area contributed by atoms with Crippen LogP contribution >= 0.6 is 0 Å². The summed E-state index contributed by atoms with van der Waals surface area (Å²) < 4.78 is 13.0. The summed E-state index contributed by atoms with van der Waals surface area (Å²) in [6.45, 7) is 2.62. The van der Waals surface area contributed by atoms with Gasteiger partial charge in [-0.3, -0.25) is 4.68 Å². The van der Waals surface area contributed by atoms with Crippen LogP contribution in [0.3, 0.4) is 0 Å². The van der Waals surface area contributed by atoms with Gasteiger partial charge in [-0.2, -0.15) is 10.1 Å². The van der Waals surface area contributed by atoms with Crippen molar-refractivity contribution in [1.29, 1.82) is 0 Å². The van der Waals surface area contributed by atoms with Gasteiger partial charge in [0.05, 0.1) is 12.6 Å². The van der Waals surface area contributed by atoms with E-state index in [0.717, 1.165) is 37.6 Å². The molecule has 1 aromatic carbocycles. The second-order valence-corrected chi connectivity index (χ2v) is 6.21. The molecule has 0 atom stereocenters. The molecule has 2 aliphatic rings. The van der Waals surface area contributed by atoms with E-state index in [0.29, 0.717) is 24.2 Å². The number of nitrogens with one attached hydrogen (secondary N) is 1. The van der Waals surface area contributed by atoms with Gasteiger partial charge >= 0.3 is 0 Å². The SMILES string of the molecule is c1cc(-c2nc(Cc3ccc4c(c3)CCO4)no2)n(C2CNC2)n1. The fourth-order valence-corrected chi connectivity index (χ4v) is 3.18. The normalized spacial score (nSPS) is 16.7. The molecule has 7 heteroatoms. The first-order valence-corrected chi connectivity index (χ1v) is 8.18. The van der Waals surface area contributed by atoms with Gasteiger partial charge < -0.3 is 14.6 Å². The molecule has 0 spiro atoms. The monoisotopic (exact) mass is 323 g/mol. The Labute approximate surface area is 138 Å². The van der Waals surface area contributed by atoms with Crippen molar-refractivity contribution in [3.05, 3.63) is 47.4 Å². The van der Waals surface area contributed by atoms with E-state index in [1.165, 1.54) is 11.1 Å². The molecule has 1 N–H and O–H groups in total. The maximum Gasteiger partial charge on any atom is 0.276 e. The minimum Gasteiger partial charge on any atom is -0.493 e. The lowest BCUT2D eigenvalue weighted by Gasteiger charge is -2.28. The summed E-state index contributed by atoms with van der Waals surface area (Å²) in [4.78, 5) is 4.55. The molecule has 1 saturated heterocycles. The van der Waals surface area contributed by atoms with Crippen LogP contribution in [0, 0.1) is 0 Å². The second kappa shape index (κ2) is 5.45. The lowest BCUT2D eigenvalue weighted by molar-refractivity contribution is 0.317. The van der Waals surface area contributed by atoms with Crippen molar-refractivity contribution in [2.45, 2.75) is 18.9 Å². The van der Waals surface area contributed by atoms with E-state index in [9.17, 15) is 0 Å². The Morgan fingerprint density at radius 2 is 2.21 bits per heavy atom. The zero-order valence-electron chi connectivity index (χ0n) is 13.1. The van der Waals surface area contributed by atoms with E-state index in [4.69, 9.17) is 9.26 Å². The van der Waals surface area contributed by atoms with Gasteiger partial charge in [0.2, 0.25) is 0 Å². The molecule has 0 unspecified atom stereocenters. The van der Waals surface area contributed by atoms with Crippen LogP contribution in [0.25, 0.3) is 11.6 Å². The van der Waals surface area contributed by atoms with Crippen LogP contribution < -0.4 is 10.1 Å². The number of nitrogens with zero attached hydrogens (tertiary/aromatic N) is 4. The van der Waals surface area contributed by atoms with Gasteiger partial charge in [0.25, 0.3) is 5.89 Å². The van der Waals surface area contributed by atoms with E-state index in [1.54, 1.807) is 6.20 Å². The molecular weight excluding hydrogens is 306 g/mol. The summed E-state index contributed by atoms with van der Waals surface area (Å²) in [6, 6.07) is 8.54. The van der Waals surface area contributed by atoms with Gasteiger partial charge in [0.1, 0.15) is 11.4 Å². The average molecular weight is 323 g/mol. The molecule has 4 heterocycles. The van der Waals surface area contributed by atoms with Crippen LogP contribution in [0.1, 0.15) is 23.0 Å². The minimum absolute atomic E-state index is 0.363. The van der Waals surface area contributed by atoms with E-state index < -0.39 is 0 Å². The molecule has 24 heavy (non-hydrogen) atoms. The topological polar surface area (TPSA) is 78.0 Å². The summed E-state index contributed by atoms with van der Waals surface area (Å²) in [5.41, 5.74) is 3.30. The zero-order chi connectivity index (χ0) is 15.9. The minimum atomic E-state index is 0.363. The smallest absolute Gasteiger partial charge is 0.276 e. The summed E-state index contributed by atoms with van der Waals surface area (Å²) in [5, 5.41) is 11.8. The Hall–Kier alpha value is -2.67. The predicted molar refractivity (Wildman–Crippen MR) is 85.9 cm³/mol. The van der Waals surface area contributed by atoms with Crippen molar-refractivity contribution >= 4 is 0 Å². The third-order valence-corrected chi connectivity index (χ3v) is 4.58. The molecule has 0 amide bonds. The Kier molecular flexibility index (Phi) is 3.12. The van der Waals surface area contributed by atoms with Crippen LogP contribution in [0.5, 0.6) is 5.75 Å². The number of fused-ring (bicyclic) bond motifs is 1. The summed E-state index contributed by atoms with van der Waals surface area (Å²) in [5.74, 6) is 2.20. The highest BCUT2D eigenvalue weighted by molar-refractivity contribution is 5.47. The summed E-state index contributed by atoms with van der Waals surface area (Å²) >= 11 is 0. The number of aromatic nitrogens is 4. The average Bonchev–Trinajstić information content (AvgIpc) is 3.24. The molecule has 5 rings (SSSR count). The van der Waals surface area contributed by atoms with Crippen molar-refractivity contribution in [2.75, 3.05) is 19.7 Å². The van der Waals surface area contributed by atoms with Crippen LogP contribution in [-0.2, 0) is 12.8 Å². The Bertz CT molecular complexity index is 881. The van der Waals surface area contributed by atoms with Gasteiger partial charge in [-0.05, 0) is 23.3 Å². The van der Waals surface area contributed by atoms with Gasteiger partial charge in [-0.15, -0.1) is 0 Å². The number of ether oxygens (including phenoxy) is 1. The Morgan fingerprint density at radius 3 is 3.08 bits per heavy atom. The molecule has 0 saturated carbocycles. The first-order chi connectivity index (χ1) is 11.9. The van der Waals surface area contributed by atoms with E-state index >= 15 is 0 Å². The number of hydrogen-bond donors (Lipinski definition) is 1. The first-order valence-electron chi connectivity index (χ1n) is 8.18. The molecule has 2 aliphatic heterocycles. The van der Waals surface area contributed by atoms with Gasteiger partial charge in [-0.25, -0.2) is 0 Å². The molecular formula is C17H17N5O2. The second-order valence-electron chi connectivity index (χ2n) is 6.21. The largest absolute Gasteiger partial charge is 0.493 e. The first kappa shape index (κ1) is 13.7. The third kappa shape index (κ3) is 2.28. The van der Waals surface area contributed by atoms with Crippen molar-refractivity contribution in [2.24, 2.45) is 0 Å². The highest BCUT2D eigenvalue weighted by Crippen LogP contribution is 2.27. The zero-order valence-corrected chi connectivity index (χ0v) is 13.1. The standard InChI is InChI=1S/C17H17N5O2/c1-2-15-12(4-6-23-15)7-11(1)8-16-20-17(24-21-16)14-3-5-19-22(14)13-9-18-10-13/h1-3,5,7,13,18H,4,6,8-10H2. The molecule has 0 radical (unpaired) electrons. The maximum atomic E-state index is 5.54. The lowest BCUT2D eigenvalue weighted by atomic mass is 10.1. The fraction of sp³-hybridized carbons (Fsp3) is 0.353. The third-order valence-electron chi connectivity index (χ3n) is 4.58. The molecule has 122 valence electrons. The molecule has 1 fully saturated rings. The Balaban J connectivity index is 1.39. The predicted octanol–water partition coefficient (Wildman–Crippen LogP) is 1.60.